The molecule has 4 heteroatoms. The van der Waals surface area contributed by atoms with Gasteiger partial charge in [0.2, 0.25) is 5.91 Å². The number of thioether (sulfide) groups is 1. The third-order valence-electron chi connectivity index (χ3n) is 4.85. The molecule has 0 atom stereocenters. The highest BCUT2D eigenvalue weighted by molar-refractivity contribution is 7.99. The number of aryl methyl sites for hydroxylation is 1. The van der Waals surface area contributed by atoms with Gasteiger partial charge in [-0.15, -0.1) is 0 Å². The molecule has 1 amide bonds. The standard InChI is InChI=1S/C18H26N2OS/c1-15-5-7-16(8-6-15)19-18(9-3-2-4-10-18)17(21)20-11-13-22-14-12-20/h5-8,19H,2-4,9-14H2,1H3. The summed E-state index contributed by atoms with van der Waals surface area (Å²) in [4.78, 5) is 15.3. The monoisotopic (exact) mass is 318 g/mol. The molecule has 1 aliphatic carbocycles. The van der Waals surface area contributed by atoms with E-state index in [0.29, 0.717) is 5.91 Å². The van der Waals surface area contributed by atoms with E-state index >= 15 is 0 Å². The molecular formula is C18H26N2OS. The first kappa shape index (κ1) is 15.7. The van der Waals surface area contributed by atoms with Crippen LogP contribution in [-0.2, 0) is 4.79 Å². The fraction of sp³-hybridized carbons (Fsp3) is 0.611. The summed E-state index contributed by atoms with van der Waals surface area (Å²) >= 11 is 1.95. The number of rotatable bonds is 3. The smallest absolute Gasteiger partial charge is 0.248 e. The number of carbonyl (C=O) groups excluding carboxylic acids is 1. The van der Waals surface area contributed by atoms with E-state index in [-0.39, 0.29) is 5.54 Å². The molecule has 1 aromatic rings. The van der Waals surface area contributed by atoms with Crippen LogP contribution in [0.3, 0.4) is 0 Å². The Kier molecular flexibility index (Phi) is 4.97. The predicted octanol–water partition coefficient (Wildman–Crippen LogP) is 3.69. The van der Waals surface area contributed by atoms with Gasteiger partial charge >= 0.3 is 0 Å². The van der Waals surface area contributed by atoms with Gasteiger partial charge in [0.05, 0.1) is 0 Å². The Morgan fingerprint density at radius 1 is 1.09 bits per heavy atom. The molecule has 3 nitrogen and oxygen atoms in total. The maximum absolute atomic E-state index is 13.2. The zero-order valence-electron chi connectivity index (χ0n) is 13.4. The van der Waals surface area contributed by atoms with Gasteiger partial charge in [0.25, 0.3) is 0 Å². The summed E-state index contributed by atoms with van der Waals surface area (Å²) in [5.74, 6) is 2.48. The first-order valence-electron chi connectivity index (χ1n) is 8.42. The van der Waals surface area contributed by atoms with E-state index in [1.54, 1.807) is 0 Å². The molecule has 1 N–H and O–H groups in total. The Labute approximate surface area is 137 Å². The third-order valence-corrected chi connectivity index (χ3v) is 5.79. The van der Waals surface area contributed by atoms with E-state index in [4.69, 9.17) is 0 Å². The molecule has 2 aliphatic rings. The summed E-state index contributed by atoms with van der Waals surface area (Å²) in [5, 5.41) is 3.62. The van der Waals surface area contributed by atoms with Gasteiger partial charge in [-0.05, 0) is 31.9 Å². The Morgan fingerprint density at radius 3 is 2.36 bits per heavy atom. The summed E-state index contributed by atoms with van der Waals surface area (Å²) < 4.78 is 0. The maximum Gasteiger partial charge on any atom is 0.248 e. The van der Waals surface area contributed by atoms with Crippen molar-refractivity contribution in [2.75, 3.05) is 29.9 Å². The molecule has 120 valence electrons. The van der Waals surface area contributed by atoms with Crippen LogP contribution in [0.15, 0.2) is 24.3 Å². The second-order valence-electron chi connectivity index (χ2n) is 6.54. The fourth-order valence-corrected chi connectivity index (χ4v) is 4.43. The molecule has 0 aromatic heterocycles. The van der Waals surface area contributed by atoms with Crippen molar-refractivity contribution in [2.24, 2.45) is 0 Å². The molecule has 1 aromatic carbocycles. The number of benzene rings is 1. The van der Waals surface area contributed by atoms with Crippen LogP contribution in [0.2, 0.25) is 0 Å². The lowest BCUT2D eigenvalue weighted by molar-refractivity contribution is -0.136. The minimum Gasteiger partial charge on any atom is -0.371 e. The number of hydrogen-bond donors (Lipinski definition) is 1. The number of anilines is 1. The molecule has 0 spiro atoms. The highest BCUT2D eigenvalue weighted by Crippen LogP contribution is 2.34. The van der Waals surface area contributed by atoms with Crippen LogP contribution in [0.4, 0.5) is 5.69 Å². The van der Waals surface area contributed by atoms with E-state index in [0.717, 1.165) is 56.0 Å². The zero-order valence-corrected chi connectivity index (χ0v) is 14.3. The van der Waals surface area contributed by atoms with Gasteiger partial charge in [0, 0.05) is 30.3 Å². The lowest BCUT2D eigenvalue weighted by atomic mass is 9.80. The zero-order chi connectivity index (χ0) is 15.4. The molecule has 22 heavy (non-hydrogen) atoms. The van der Waals surface area contributed by atoms with Crippen molar-refractivity contribution in [1.29, 1.82) is 0 Å². The summed E-state index contributed by atoms with van der Waals surface area (Å²) in [7, 11) is 0. The number of hydrogen-bond acceptors (Lipinski definition) is 3. The van der Waals surface area contributed by atoms with Crippen LogP contribution in [-0.4, -0.2) is 40.9 Å². The number of carbonyl (C=O) groups is 1. The van der Waals surface area contributed by atoms with Gasteiger partial charge in [0.15, 0.2) is 0 Å². The van der Waals surface area contributed by atoms with Crippen LogP contribution in [0.25, 0.3) is 0 Å². The van der Waals surface area contributed by atoms with E-state index in [1.165, 1.54) is 12.0 Å². The molecule has 1 saturated heterocycles. The topological polar surface area (TPSA) is 32.3 Å². The molecule has 0 unspecified atom stereocenters. The van der Waals surface area contributed by atoms with Crippen molar-refractivity contribution >= 4 is 23.4 Å². The van der Waals surface area contributed by atoms with Crippen LogP contribution < -0.4 is 5.32 Å². The normalized spacial score (nSPS) is 21.4. The Bertz CT molecular complexity index is 502. The van der Waals surface area contributed by atoms with Gasteiger partial charge < -0.3 is 10.2 Å². The lowest BCUT2D eigenvalue weighted by Crippen LogP contribution is -2.56. The Balaban J connectivity index is 1.80. The highest BCUT2D eigenvalue weighted by Gasteiger charge is 2.42. The Morgan fingerprint density at radius 2 is 1.73 bits per heavy atom. The lowest BCUT2D eigenvalue weighted by Gasteiger charge is -2.42. The minimum absolute atomic E-state index is 0.327. The molecule has 0 bridgehead atoms. The average molecular weight is 318 g/mol. The molecule has 1 aliphatic heterocycles. The highest BCUT2D eigenvalue weighted by atomic mass is 32.2. The van der Waals surface area contributed by atoms with Crippen LogP contribution >= 0.6 is 11.8 Å². The quantitative estimate of drug-likeness (QED) is 0.922. The second-order valence-corrected chi connectivity index (χ2v) is 7.76. The summed E-state index contributed by atoms with van der Waals surface area (Å²) in [5.41, 5.74) is 1.95. The largest absolute Gasteiger partial charge is 0.371 e. The second kappa shape index (κ2) is 6.95. The molecule has 1 saturated carbocycles. The maximum atomic E-state index is 13.2. The molecule has 0 radical (unpaired) electrons. The molecule has 1 heterocycles. The van der Waals surface area contributed by atoms with Crippen molar-refractivity contribution in [2.45, 2.75) is 44.6 Å². The molecule has 3 rings (SSSR count). The van der Waals surface area contributed by atoms with Crippen molar-refractivity contribution in [3.8, 4) is 0 Å². The molecule has 2 fully saturated rings. The van der Waals surface area contributed by atoms with Crippen molar-refractivity contribution in [1.82, 2.24) is 4.90 Å². The van der Waals surface area contributed by atoms with Crippen molar-refractivity contribution in [3.05, 3.63) is 29.8 Å². The Hall–Kier alpha value is -1.16. The van der Waals surface area contributed by atoms with E-state index in [9.17, 15) is 4.79 Å². The van der Waals surface area contributed by atoms with E-state index < -0.39 is 0 Å². The van der Waals surface area contributed by atoms with Crippen molar-refractivity contribution in [3.63, 3.8) is 0 Å². The number of amides is 1. The van der Waals surface area contributed by atoms with Crippen molar-refractivity contribution < 1.29 is 4.79 Å². The minimum atomic E-state index is -0.379. The van der Waals surface area contributed by atoms with Gasteiger partial charge in [-0.1, -0.05) is 37.0 Å². The summed E-state index contributed by atoms with van der Waals surface area (Å²) in [6.45, 7) is 3.90. The first-order valence-corrected chi connectivity index (χ1v) is 9.57. The van der Waals surface area contributed by atoms with Gasteiger partial charge in [-0.2, -0.15) is 11.8 Å². The summed E-state index contributed by atoms with van der Waals surface area (Å²) in [6, 6.07) is 8.43. The van der Waals surface area contributed by atoms with Crippen LogP contribution in [0, 0.1) is 6.92 Å². The average Bonchev–Trinajstić information content (AvgIpc) is 2.58. The number of nitrogens with zero attached hydrogens (tertiary/aromatic N) is 1. The fourth-order valence-electron chi connectivity index (χ4n) is 3.53. The van der Waals surface area contributed by atoms with Gasteiger partial charge in [-0.3, -0.25) is 4.79 Å². The summed E-state index contributed by atoms with van der Waals surface area (Å²) in [6.07, 6.45) is 5.47. The van der Waals surface area contributed by atoms with E-state index in [2.05, 4.69) is 41.4 Å². The van der Waals surface area contributed by atoms with Crippen LogP contribution in [0.1, 0.15) is 37.7 Å². The van der Waals surface area contributed by atoms with Gasteiger partial charge in [-0.25, -0.2) is 0 Å². The first-order chi connectivity index (χ1) is 10.7. The third kappa shape index (κ3) is 3.43. The molecular weight excluding hydrogens is 292 g/mol. The van der Waals surface area contributed by atoms with Crippen LogP contribution in [0.5, 0.6) is 0 Å². The van der Waals surface area contributed by atoms with E-state index in [1.807, 2.05) is 11.8 Å². The number of nitrogens with one attached hydrogen (secondary N) is 1. The predicted molar refractivity (Wildman–Crippen MR) is 94.5 cm³/mol. The van der Waals surface area contributed by atoms with Gasteiger partial charge in [0.1, 0.15) is 5.54 Å². The SMILES string of the molecule is Cc1ccc(NC2(C(=O)N3CCSCC3)CCCCC2)cc1.